The molecule has 2 nitrogen and oxygen atoms in total. The third-order valence-electron chi connectivity index (χ3n) is 3.19. The second-order valence-corrected chi connectivity index (χ2v) is 4.68. The Bertz CT molecular complexity index is 289. The molecule has 0 saturated heterocycles. The normalized spacial score (nSPS) is 10.9. The number of aryl methyl sites for hydroxylation is 2. The standard InChI is InChI=1S/C14H27N2/c1-4-6-7-8-9-11-16-13-12-15(3)14(16)10-5-2/h12-13H,4-11H2,1-3H3/q+1. The van der Waals surface area contributed by atoms with Gasteiger partial charge in [-0.25, -0.2) is 9.13 Å². The molecule has 1 aromatic rings. The Kier molecular flexibility index (Phi) is 6.20. The molecule has 0 bridgehead atoms. The number of aromatic nitrogens is 2. The number of rotatable bonds is 8. The summed E-state index contributed by atoms with van der Waals surface area (Å²) in [5.74, 6) is 1.47. The van der Waals surface area contributed by atoms with E-state index in [1.54, 1.807) is 0 Å². The molecule has 0 radical (unpaired) electrons. The average Bonchev–Trinajstić information content (AvgIpc) is 2.62. The predicted molar refractivity (Wildman–Crippen MR) is 68.4 cm³/mol. The minimum Gasteiger partial charge on any atom is -0.237 e. The van der Waals surface area contributed by atoms with Gasteiger partial charge in [0.2, 0.25) is 0 Å². The maximum Gasteiger partial charge on any atom is 0.256 e. The van der Waals surface area contributed by atoms with Gasteiger partial charge in [0.05, 0.1) is 13.6 Å². The molecule has 0 amide bonds. The molecule has 2 heteroatoms. The van der Waals surface area contributed by atoms with Gasteiger partial charge in [0.1, 0.15) is 12.4 Å². The third kappa shape index (κ3) is 3.99. The Morgan fingerprint density at radius 3 is 2.50 bits per heavy atom. The van der Waals surface area contributed by atoms with E-state index in [4.69, 9.17) is 0 Å². The third-order valence-corrected chi connectivity index (χ3v) is 3.19. The van der Waals surface area contributed by atoms with E-state index in [2.05, 4.69) is 42.4 Å². The molecule has 92 valence electrons. The van der Waals surface area contributed by atoms with Gasteiger partial charge in [-0.05, 0) is 19.3 Å². The van der Waals surface area contributed by atoms with Crippen LogP contribution in [0.15, 0.2) is 12.4 Å². The van der Waals surface area contributed by atoms with Crippen LogP contribution in [0.2, 0.25) is 0 Å². The fourth-order valence-electron chi connectivity index (χ4n) is 2.19. The molecule has 0 unspecified atom stereocenters. The number of unbranched alkanes of at least 4 members (excludes halogenated alkanes) is 4. The molecule has 0 N–H and O–H groups in total. The van der Waals surface area contributed by atoms with Crippen molar-refractivity contribution in [3.63, 3.8) is 0 Å². The van der Waals surface area contributed by atoms with Crippen LogP contribution in [0.25, 0.3) is 0 Å². The summed E-state index contributed by atoms with van der Waals surface area (Å²) in [4.78, 5) is 0. The van der Waals surface area contributed by atoms with Gasteiger partial charge in [-0.2, -0.15) is 0 Å². The summed E-state index contributed by atoms with van der Waals surface area (Å²) >= 11 is 0. The molecule has 1 heterocycles. The van der Waals surface area contributed by atoms with Gasteiger partial charge in [0, 0.05) is 6.42 Å². The van der Waals surface area contributed by atoms with Gasteiger partial charge in [-0.3, -0.25) is 0 Å². The van der Waals surface area contributed by atoms with Gasteiger partial charge in [0.15, 0.2) is 0 Å². The fraction of sp³-hybridized carbons (Fsp3) is 0.786. The van der Waals surface area contributed by atoms with E-state index in [1.807, 2.05) is 0 Å². The van der Waals surface area contributed by atoms with Crippen LogP contribution in [0.4, 0.5) is 0 Å². The van der Waals surface area contributed by atoms with E-state index in [0.717, 1.165) is 0 Å². The van der Waals surface area contributed by atoms with Crippen molar-refractivity contribution >= 4 is 0 Å². The summed E-state index contributed by atoms with van der Waals surface area (Å²) in [6.07, 6.45) is 13.6. The Morgan fingerprint density at radius 2 is 1.81 bits per heavy atom. The van der Waals surface area contributed by atoms with E-state index in [9.17, 15) is 0 Å². The average molecular weight is 223 g/mol. The van der Waals surface area contributed by atoms with E-state index >= 15 is 0 Å². The number of hydrogen-bond donors (Lipinski definition) is 0. The van der Waals surface area contributed by atoms with Crippen molar-refractivity contribution in [1.82, 2.24) is 4.57 Å². The van der Waals surface area contributed by atoms with Crippen LogP contribution in [-0.4, -0.2) is 4.57 Å². The quantitative estimate of drug-likeness (QED) is 0.472. The number of hydrogen-bond acceptors (Lipinski definition) is 0. The summed E-state index contributed by atoms with van der Waals surface area (Å²) in [6, 6.07) is 0. The summed E-state index contributed by atoms with van der Waals surface area (Å²) in [7, 11) is 2.15. The first-order chi connectivity index (χ1) is 7.79. The van der Waals surface area contributed by atoms with E-state index in [0.29, 0.717) is 0 Å². The Labute approximate surface area is 100 Å². The maximum absolute atomic E-state index is 2.43. The Balaban J connectivity index is 2.35. The summed E-state index contributed by atoms with van der Waals surface area (Å²) in [5, 5.41) is 0. The predicted octanol–water partition coefficient (Wildman–Crippen LogP) is 3.24. The van der Waals surface area contributed by atoms with Crippen LogP contribution in [0, 0.1) is 0 Å². The fourth-order valence-corrected chi connectivity index (χ4v) is 2.19. The Hall–Kier alpha value is -0.790. The molecule has 0 aliphatic carbocycles. The van der Waals surface area contributed by atoms with Crippen LogP contribution in [0.1, 0.15) is 58.2 Å². The second-order valence-electron chi connectivity index (χ2n) is 4.68. The minimum absolute atomic E-state index is 1.19. The first kappa shape index (κ1) is 13.3. The zero-order valence-corrected chi connectivity index (χ0v) is 11.2. The molecule has 0 aliphatic rings. The molecule has 1 aromatic heterocycles. The van der Waals surface area contributed by atoms with Crippen LogP contribution in [0.3, 0.4) is 0 Å². The van der Waals surface area contributed by atoms with Crippen LogP contribution in [-0.2, 0) is 20.0 Å². The molecule has 0 aliphatic heterocycles. The van der Waals surface area contributed by atoms with Gasteiger partial charge < -0.3 is 0 Å². The molecule has 0 fully saturated rings. The van der Waals surface area contributed by atoms with Crippen molar-refractivity contribution in [3.05, 3.63) is 18.2 Å². The smallest absolute Gasteiger partial charge is 0.237 e. The highest BCUT2D eigenvalue weighted by Crippen LogP contribution is 2.06. The number of nitrogens with zero attached hydrogens (tertiary/aromatic N) is 2. The van der Waals surface area contributed by atoms with Gasteiger partial charge in [0.25, 0.3) is 5.82 Å². The topological polar surface area (TPSA) is 8.81 Å². The van der Waals surface area contributed by atoms with Gasteiger partial charge in [-0.15, -0.1) is 0 Å². The Morgan fingerprint density at radius 1 is 1.06 bits per heavy atom. The molecule has 0 saturated carbocycles. The highest BCUT2D eigenvalue weighted by Gasteiger charge is 2.12. The first-order valence-electron chi connectivity index (χ1n) is 6.83. The molecule has 0 atom stereocenters. The molecule has 0 spiro atoms. The monoisotopic (exact) mass is 223 g/mol. The minimum atomic E-state index is 1.19. The van der Waals surface area contributed by atoms with Crippen molar-refractivity contribution in [1.29, 1.82) is 0 Å². The van der Waals surface area contributed by atoms with Crippen molar-refractivity contribution in [3.8, 4) is 0 Å². The summed E-state index contributed by atoms with van der Waals surface area (Å²) in [5.41, 5.74) is 0. The summed E-state index contributed by atoms with van der Waals surface area (Å²) < 4.78 is 4.69. The lowest BCUT2D eigenvalue weighted by molar-refractivity contribution is -0.678. The van der Waals surface area contributed by atoms with Crippen LogP contribution >= 0.6 is 0 Å². The van der Waals surface area contributed by atoms with Crippen LogP contribution in [0.5, 0.6) is 0 Å². The molecular weight excluding hydrogens is 196 g/mol. The maximum atomic E-state index is 2.43. The van der Waals surface area contributed by atoms with E-state index < -0.39 is 0 Å². The summed E-state index contributed by atoms with van der Waals surface area (Å²) in [6.45, 7) is 5.71. The second kappa shape index (κ2) is 7.48. The zero-order chi connectivity index (χ0) is 11.8. The lowest BCUT2D eigenvalue weighted by atomic mass is 10.1. The molecular formula is C14H27N2+. The van der Waals surface area contributed by atoms with E-state index in [1.165, 1.54) is 57.3 Å². The molecule has 1 rings (SSSR count). The SMILES string of the molecule is CCCCCCCn1cc[n+](C)c1CCC. The van der Waals surface area contributed by atoms with Crippen molar-refractivity contribution < 1.29 is 4.57 Å². The molecule has 16 heavy (non-hydrogen) atoms. The van der Waals surface area contributed by atoms with Crippen molar-refractivity contribution in [2.45, 2.75) is 65.3 Å². The first-order valence-corrected chi connectivity index (χ1v) is 6.83. The van der Waals surface area contributed by atoms with Crippen molar-refractivity contribution in [2.24, 2.45) is 7.05 Å². The highest BCUT2D eigenvalue weighted by atomic mass is 15.1. The molecule has 0 aromatic carbocycles. The lowest BCUT2D eigenvalue weighted by Crippen LogP contribution is -2.32. The highest BCUT2D eigenvalue weighted by molar-refractivity contribution is 4.83. The van der Waals surface area contributed by atoms with Gasteiger partial charge in [-0.1, -0.05) is 33.1 Å². The zero-order valence-electron chi connectivity index (χ0n) is 11.2. The largest absolute Gasteiger partial charge is 0.256 e. The van der Waals surface area contributed by atoms with Crippen molar-refractivity contribution in [2.75, 3.05) is 0 Å². The lowest BCUT2D eigenvalue weighted by Gasteiger charge is -2.02. The van der Waals surface area contributed by atoms with Gasteiger partial charge >= 0.3 is 0 Å². The van der Waals surface area contributed by atoms with Crippen LogP contribution < -0.4 is 4.57 Å². The number of imidazole rings is 1. The van der Waals surface area contributed by atoms with E-state index in [-0.39, 0.29) is 0 Å².